The van der Waals surface area contributed by atoms with Gasteiger partial charge in [-0.25, -0.2) is 0 Å². The lowest BCUT2D eigenvalue weighted by Gasteiger charge is -2.14. The van der Waals surface area contributed by atoms with E-state index in [2.05, 4.69) is 5.32 Å². The lowest BCUT2D eigenvalue weighted by atomic mass is 10.1. The number of carbonyl (C=O) groups is 2. The van der Waals surface area contributed by atoms with E-state index in [0.29, 0.717) is 6.61 Å². The van der Waals surface area contributed by atoms with Crippen LogP contribution in [0.4, 0.5) is 0 Å². The lowest BCUT2D eigenvalue weighted by molar-refractivity contribution is -0.115. The van der Waals surface area contributed by atoms with Gasteiger partial charge in [-0.15, -0.1) is 0 Å². The van der Waals surface area contributed by atoms with Crippen LogP contribution in [0.25, 0.3) is 0 Å². The van der Waals surface area contributed by atoms with E-state index in [4.69, 9.17) is 9.93 Å². The number of ketones is 1. The Morgan fingerprint density at radius 1 is 1.50 bits per heavy atom. The second kappa shape index (κ2) is 4.89. The third-order valence-corrected chi connectivity index (χ3v) is 4.20. The maximum absolute atomic E-state index is 11.7. The van der Waals surface area contributed by atoms with Gasteiger partial charge in [0.1, 0.15) is 0 Å². The third kappa shape index (κ3) is 3.00. The summed E-state index contributed by atoms with van der Waals surface area (Å²) in [6.45, 7) is 3.60. The highest BCUT2D eigenvalue weighted by atomic mass is 31.2. The van der Waals surface area contributed by atoms with Gasteiger partial charge in [-0.1, -0.05) is 0 Å². The molecule has 0 saturated carbocycles. The van der Waals surface area contributed by atoms with E-state index in [-0.39, 0.29) is 12.6 Å². The molecule has 0 aromatic carbocycles. The zero-order valence-electron chi connectivity index (χ0n) is 9.28. The van der Waals surface area contributed by atoms with Crippen molar-refractivity contribution in [3.8, 4) is 0 Å². The van der Waals surface area contributed by atoms with Crippen molar-refractivity contribution in [2.75, 3.05) is 19.4 Å². The predicted octanol–water partition coefficient (Wildman–Crippen LogP) is 0.408. The van der Waals surface area contributed by atoms with Crippen LogP contribution in [0.15, 0.2) is 0 Å². The van der Waals surface area contributed by atoms with E-state index >= 15 is 0 Å². The van der Waals surface area contributed by atoms with Crippen LogP contribution in [-0.4, -0.2) is 42.9 Å². The van der Waals surface area contributed by atoms with E-state index < -0.39 is 30.8 Å². The number of amides is 1. The molecule has 1 heterocycles. The minimum atomic E-state index is -2.68. The van der Waals surface area contributed by atoms with Crippen molar-refractivity contribution in [3.63, 3.8) is 0 Å². The highest BCUT2D eigenvalue weighted by Gasteiger charge is 2.36. The van der Waals surface area contributed by atoms with Crippen molar-refractivity contribution < 1.29 is 18.7 Å². The average Bonchev–Trinajstić information content (AvgIpc) is 2.43. The summed E-state index contributed by atoms with van der Waals surface area (Å²) in [5.41, 5.74) is -0.521. The van der Waals surface area contributed by atoms with Crippen LogP contribution in [0.5, 0.6) is 0 Å². The zero-order chi connectivity index (χ0) is 12.3. The van der Waals surface area contributed by atoms with E-state index in [1.54, 1.807) is 6.92 Å². The van der Waals surface area contributed by atoms with Crippen LogP contribution < -0.4 is 5.32 Å². The van der Waals surface area contributed by atoms with Crippen molar-refractivity contribution in [3.05, 3.63) is 0 Å². The van der Waals surface area contributed by atoms with Crippen molar-refractivity contribution >= 4 is 24.8 Å². The second-order valence-corrected chi connectivity index (χ2v) is 6.44. The van der Waals surface area contributed by atoms with Crippen LogP contribution in [0.3, 0.4) is 0 Å². The van der Waals surface area contributed by atoms with Gasteiger partial charge in [0.2, 0.25) is 5.78 Å². The number of rotatable bonds is 5. The lowest BCUT2D eigenvalue weighted by Crippen LogP contribution is -2.30. The SMILES string of the molecule is CCOP(C)(=O)CCC1NC(=O)C(=N)C1=O. The Hall–Kier alpha value is -1.00. The molecule has 7 heteroatoms. The van der Waals surface area contributed by atoms with Crippen LogP contribution in [-0.2, 0) is 18.7 Å². The van der Waals surface area contributed by atoms with Crippen molar-refractivity contribution in [2.24, 2.45) is 0 Å². The molecule has 1 fully saturated rings. The van der Waals surface area contributed by atoms with Gasteiger partial charge >= 0.3 is 0 Å². The predicted molar refractivity (Wildman–Crippen MR) is 59.3 cm³/mol. The molecule has 0 bridgehead atoms. The number of Topliss-reactive ketones (excluding diaryl/α,β-unsaturated/α-hetero) is 1. The monoisotopic (exact) mass is 246 g/mol. The van der Waals surface area contributed by atoms with Crippen LogP contribution in [0.2, 0.25) is 0 Å². The summed E-state index contributed by atoms with van der Waals surface area (Å²) in [6, 6.07) is -0.714. The highest BCUT2D eigenvalue weighted by Crippen LogP contribution is 2.43. The first-order chi connectivity index (χ1) is 7.37. The summed E-state index contributed by atoms with van der Waals surface area (Å²) in [4.78, 5) is 22.3. The molecule has 90 valence electrons. The van der Waals surface area contributed by atoms with Gasteiger partial charge in [-0.05, 0) is 13.3 Å². The molecule has 0 spiro atoms. The minimum absolute atomic E-state index is 0.227. The molecular weight excluding hydrogens is 231 g/mol. The Balaban J connectivity index is 2.52. The molecule has 1 amide bonds. The van der Waals surface area contributed by atoms with Crippen LogP contribution >= 0.6 is 7.37 Å². The summed E-state index contributed by atoms with van der Waals surface area (Å²) in [7, 11) is -2.68. The van der Waals surface area contributed by atoms with E-state index in [0.717, 1.165) is 0 Å². The Kier molecular flexibility index (Phi) is 3.99. The summed E-state index contributed by atoms with van der Waals surface area (Å²) < 4.78 is 16.8. The number of hydrogen-bond donors (Lipinski definition) is 2. The molecule has 1 rings (SSSR count). The van der Waals surface area contributed by atoms with Gasteiger partial charge < -0.3 is 9.84 Å². The fourth-order valence-corrected chi connectivity index (χ4v) is 2.89. The normalized spacial score (nSPS) is 24.4. The standard InChI is InChI=1S/C9H15N2O4P/c1-3-15-16(2,14)5-4-6-8(12)7(10)9(13)11-6/h6,10H,3-5H2,1-2H3,(H,11,13). The Labute approximate surface area is 93.7 Å². The van der Waals surface area contributed by atoms with Crippen molar-refractivity contribution in [2.45, 2.75) is 19.4 Å². The van der Waals surface area contributed by atoms with Gasteiger partial charge in [0.25, 0.3) is 5.91 Å². The number of carbonyl (C=O) groups excluding carboxylic acids is 2. The first kappa shape index (κ1) is 13.1. The van der Waals surface area contributed by atoms with Crippen LogP contribution in [0.1, 0.15) is 13.3 Å². The van der Waals surface area contributed by atoms with E-state index in [9.17, 15) is 14.2 Å². The zero-order valence-corrected chi connectivity index (χ0v) is 10.2. The highest BCUT2D eigenvalue weighted by molar-refractivity contribution is 7.58. The average molecular weight is 246 g/mol. The summed E-state index contributed by atoms with van der Waals surface area (Å²) in [6.07, 6.45) is 0.478. The smallest absolute Gasteiger partial charge is 0.273 e. The molecule has 16 heavy (non-hydrogen) atoms. The molecule has 0 radical (unpaired) electrons. The fraction of sp³-hybridized carbons (Fsp3) is 0.667. The molecule has 0 aromatic rings. The molecule has 0 aromatic heterocycles. The molecule has 1 saturated heterocycles. The Morgan fingerprint density at radius 2 is 2.12 bits per heavy atom. The quantitative estimate of drug-likeness (QED) is 0.686. The maximum atomic E-state index is 11.7. The molecule has 1 aliphatic heterocycles. The molecule has 0 aliphatic carbocycles. The Bertz CT molecular complexity index is 380. The maximum Gasteiger partial charge on any atom is 0.273 e. The molecular formula is C9H15N2O4P. The number of hydrogen-bond acceptors (Lipinski definition) is 5. The molecule has 2 unspecified atom stereocenters. The molecule has 6 nitrogen and oxygen atoms in total. The van der Waals surface area contributed by atoms with Crippen molar-refractivity contribution in [1.82, 2.24) is 5.32 Å². The summed E-state index contributed by atoms with van der Waals surface area (Å²) in [5.74, 6) is -1.18. The van der Waals surface area contributed by atoms with Gasteiger partial charge in [0, 0.05) is 12.8 Å². The first-order valence-electron chi connectivity index (χ1n) is 5.02. The van der Waals surface area contributed by atoms with Crippen LogP contribution in [0, 0.1) is 5.41 Å². The fourth-order valence-electron chi connectivity index (χ4n) is 1.49. The number of nitrogens with one attached hydrogen (secondary N) is 2. The van der Waals surface area contributed by atoms with Gasteiger partial charge in [-0.3, -0.25) is 19.6 Å². The molecule has 2 N–H and O–H groups in total. The molecule has 1 aliphatic rings. The summed E-state index contributed by atoms with van der Waals surface area (Å²) >= 11 is 0. The first-order valence-corrected chi connectivity index (χ1v) is 7.28. The largest absolute Gasteiger partial charge is 0.340 e. The van der Waals surface area contributed by atoms with Gasteiger partial charge in [0.15, 0.2) is 13.1 Å². The third-order valence-electron chi connectivity index (χ3n) is 2.32. The Morgan fingerprint density at radius 3 is 2.56 bits per heavy atom. The minimum Gasteiger partial charge on any atom is -0.340 e. The van der Waals surface area contributed by atoms with E-state index in [1.807, 2.05) is 0 Å². The van der Waals surface area contributed by atoms with Crippen molar-refractivity contribution in [1.29, 1.82) is 5.41 Å². The topological polar surface area (TPSA) is 96.3 Å². The van der Waals surface area contributed by atoms with Gasteiger partial charge in [-0.2, -0.15) is 0 Å². The molecule has 2 atom stereocenters. The second-order valence-electron chi connectivity index (χ2n) is 3.71. The van der Waals surface area contributed by atoms with Gasteiger partial charge in [0.05, 0.1) is 12.6 Å². The summed E-state index contributed by atoms with van der Waals surface area (Å²) in [5, 5.41) is 9.52. The van der Waals surface area contributed by atoms with E-state index in [1.165, 1.54) is 6.66 Å².